The fraction of sp³-hybridized carbons (Fsp3) is 0.350. The molecular weight excluding hydrogens is 300 g/mol. The van der Waals surface area contributed by atoms with Crippen molar-refractivity contribution in [3.05, 3.63) is 42.5 Å². The molecule has 0 atom stereocenters. The van der Waals surface area contributed by atoms with Gasteiger partial charge in [0.15, 0.2) is 11.5 Å². The van der Waals surface area contributed by atoms with Crippen molar-refractivity contribution in [1.29, 1.82) is 0 Å². The maximum Gasteiger partial charge on any atom is 0.231 e. The molecule has 124 valence electrons. The molecule has 0 aliphatic carbocycles. The Labute approximate surface area is 142 Å². The van der Waals surface area contributed by atoms with Gasteiger partial charge in [0.05, 0.1) is 11.0 Å². The second-order valence-electron chi connectivity index (χ2n) is 6.20. The zero-order chi connectivity index (χ0) is 16.4. The Morgan fingerprint density at radius 3 is 2.79 bits per heavy atom. The average molecular weight is 322 g/mol. The largest absolute Gasteiger partial charge is 0.454 e. The summed E-state index contributed by atoms with van der Waals surface area (Å²) in [6.45, 7) is 3.53. The van der Waals surface area contributed by atoms with Crippen LogP contribution in [0.3, 0.4) is 0 Å². The molecule has 0 saturated heterocycles. The smallest absolute Gasteiger partial charge is 0.231 e. The predicted octanol–water partition coefficient (Wildman–Crippen LogP) is 5.01. The summed E-state index contributed by atoms with van der Waals surface area (Å²) in [5, 5.41) is 0. The van der Waals surface area contributed by atoms with E-state index in [1.54, 1.807) is 0 Å². The molecule has 2 aromatic carbocycles. The van der Waals surface area contributed by atoms with Gasteiger partial charge in [0.2, 0.25) is 6.79 Å². The minimum atomic E-state index is 0.298. The number of hydrogen-bond acceptors (Lipinski definition) is 3. The molecule has 0 fully saturated rings. The first kappa shape index (κ1) is 15.1. The molecule has 0 N–H and O–H groups in total. The Kier molecular flexibility index (Phi) is 4.11. The van der Waals surface area contributed by atoms with Gasteiger partial charge in [-0.25, -0.2) is 4.98 Å². The number of rotatable bonds is 6. The first-order valence-electron chi connectivity index (χ1n) is 8.72. The highest BCUT2D eigenvalue weighted by Gasteiger charge is 2.17. The molecule has 4 nitrogen and oxygen atoms in total. The van der Waals surface area contributed by atoms with Gasteiger partial charge in [-0.2, -0.15) is 0 Å². The number of aryl methyl sites for hydroxylation is 1. The lowest BCUT2D eigenvalue weighted by Crippen LogP contribution is -2.01. The number of para-hydroxylation sites is 2. The summed E-state index contributed by atoms with van der Waals surface area (Å²) in [5.74, 6) is 2.62. The lowest BCUT2D eigenvalue weighted by molar-refractivity contribution is 0.174. The third-order valence-corrected chi connectivity index (χ3v) is 4.52. The van der Waals surface area contributed by atoms with E-state index in [9.17, 15) is 0 Å². The molecule has 0 bridgehead atoms. The van der Waals surface area contributed by atoms with E-state index in [-0.39, 0.29) is 0 Å². The van der Waals surface area contributed by atoms with Crippen LogP contribution in [-0.4, -0.2) is 16.3 Å². The van der Waals surface area contributed by atoms with E-state index in [0.29, 0.717) is 6.79 Å². The molecule has 24 heavy (non-hydrogen) atoms. The molecule has 0 amide bonds. The molecule has 4 heteroatoms. The summed E-state index contributed by atoms with van der Waals surface area (Å²) < 4.78 is 13.3. The van der Waals surface area contributed by atoms with Crippen molar-refractivity contribution in [3.63, 3.8) is 0 Å². The molecule has 0 saturated carbocycles. The van der Waals surface area contributed by atoms with Crippen LogP contribution in [0.4, 0.5) is 0 Å². The zero-order valence-electron chi connectivity index (χ0n) is 14.0. The van der Waals surface area contributed by atoms with Gasteiger partial charge in [-0.1, -0.05) is 38.3 Å². The fourth-order valence-corrected chi connectivity index (χ4v) is 3.25. The van der Waals surface area contributed by atoms with E-state index in [2.05, 4.69) is 35.8 Å². The second-order valence-corrected chi connectivity index (χ2v) is 6.20. The van der Waals surface area contributed by atoms with Gasteiger partial charge >= 0.3 is 0 Å². The number of hydrogen-bond donors (Lipinski definition) is 0. The summed E-state index contributed by atoms with van der Waals surface area (Å²) in [7, 11) is 0. The van der Waals surface area contributed by atoms with Crippen molar-refractivity contribution in [2.45, 2.75) is 39.2 Å². The van der Waals surface area contributed by atoms with Crippen LogP contribution in [0.5, 0.6) is 11.5 Å². The van der Waals surface area contributed by atoms with Gasteiger partial charge in [0.1, 0.15) is 5.82 Å². The normalized spacial score (nSPS) is 12.9. The number of nitrogens with zero attached hydrogens (tertiary/aromatic N) is 2. The Morgan fingerprint density at radius 1 is 1.00 bits per heavy atom. The van der Waals surface area contributed by atoms with Crippen molar-refractivity contribution in [2.24, 2.45) is 0 Å². The number of ether oxygens (including phenoxy) is 2. The molecule has 1 aromatic heterocycles. The fourth-order valence-electron chi connectivity index (χ4n) is 3.25. The molecule has 1 aliphatic rings. The van der Waals surface area contributed by atoms with E-state index in [1.165, 1.54) is 31.2 Å². The van der Waals surface area contributed by atoms with Crippen molar-refractivity contribution in [3.8, 4) is 22.9 Å². The standard InChI is InChI=1S/C20H22N2O2/c1-2-3-4-7-12-22-17-9-6-5-8-16(17)21-20(22)15-10-11-18-19(13-15)24-14-23-18/h5-6,8-11,13H,2-4,7,12,14H2,1H3. The van der Waals surface area contributed by atoms with E-state index in [4.69, 9.17) is 14.5 Å². The maximum absolute atomic E-state index is 5.53. The first-order valence-corrected chi connectivity index (χ1v) is 8.72. The minimum Gasteiger partial charge on any atom is -0.454 e. The summed E-state index contributed by atoms with van der Waals surface area (Å²) in [4.78, 5) is 4.87. The lowest BCUT2D eigenvalue weighted by atomic mass is 10.1. The minimum absolute atomic E-state index is 0.298. The van der Waals surface area contributed by atoms with Crippen molar-refractivity contribution < 1.29 is 9.47 Å². The van der Waals surface area contributed by atoms with Crippen LogP contribution in [0.15, 0.2) is 42.5 Å². The highest BCUT2D eigenvalue weighted by Crippen LogP contribution is 2.36. The number of unbranched alkanes of at least 4 members (excludes halogenated alkanes) is 3. The van der Waals surface area contributed by atoms with Gasteiger partial charge in [-0.15, -0.1) is 0 Å². The Morgan fingerprint density at radius 2 is 1.88 bits per heavy atom. The number of imidazole rings is 1. The quantitative estimate of drug-likeness (QED) is 0.598. The number of aromatic nitrogens is 2. The highest BCUT2D eigenvalue weighted by molar-refractivity contribution is 5.81. The van der Waals surface area contributed by atoms with Crippen LogP contribution in [0.1, 0.15) is 32.6 Å². The highest BCUT2D eigenvalue weighted by atomic mass is 16.7. The summed E-state index contributed by atoms with van der Waals surface area (Å²) >= 11 is 0. The topological polar surface area (TPSA) is 36.3 Å². The van der Waals surface area contributed by atoms with Crippen LogP contribution in [0.25, 0.3) is 22.4 Å². The molecule has 0 spiro atoms. The number of benzene rings is 2. The summed E-state index contributed by atoms with van der Waals surface area (Å²) in [6, 6.07) is 14.4. The van der Waals surface area contributed by atoms with Gasteiger partial charge < -0.3 is 14.0 Å². The summed E-state index contributed by atoms with van der Waals surface area (Å²) in [6.07, 6.45) is 4.96. The Balaban J connectivity index is 1.73. The van der Waals surface area contributed by atoms with Crippen LogP contribution < -0.4 is 9.47 Å². The zero-order valence-corrected chi connectivity index (χ0v) is 14.0. The van der Waals surface area contributed by atoms with E-state index in [1.807, 2.05) is 18.2 Å². The molecular formula is C20H22N2O2. The van der Waals surface area contributed by atoms with Crippen LogP contribution in [0, 0.1) is 0 Å². The van der Waals surface area contributed by atoms with Crippen molar-refractivity contribution in [1.82, 2.24) is 9.55 Å². The van der Waals surface area contributed by atoms with Crippen LogP contribution in [-0.2, 0) is 6.54 Å². The molecule has 3 aromatic rings. The monoisotopic (exact) mass is 322 g/mol. The third-order valence-electron chi connectivity index (χ3n) is 4.52. The van der Waals surface area contributed by atoms with E-state index < -0.39 is 0 Å². The molecule has 2 heterocycles. The van der Waals surface area contributed by atoms with Crippen molar-refractivity contribution in [2.75, 3.05) is 6.79 Å². The first-order chi connectivity index (χ1) is 11.9. The van der Waals surface area contributed by atoms with Gasteiger partial charge in [0, 0.05) is 12.1 Å². The number of fused-ring (bicyclic) bond motifs is 2. The SMILES string of the molecule is CCCCCCn1c(-c2ccc3c(c2)OCO3)nc2ccccc21. The maximum atomic E-state index is 5.53. The van der Waals surface area contributed by atoms with E-state index in [0.717, 1.165) is 34.9 Å². The Bertz CT molecular complexity index is 854. The molecule has 0 radical (unpaired) electrons. The van der Waals surface area contributed by atoms with Gasteiger partial charge in [-0.05, 0) is 36.8 Å². The van der Waals surface area contributed by atoms with Crippen LogP contribution in [0.2, 0.25) is 0 Å². The lowest BCUT2D eigenvalue weighted by Gasteiger charge is -2.10. The van der Waals surface area contributed by atoms with Crippen LogP contribution >= 0.6 is 0 Å². The van der Waals surface area contributed by atoms with Crippen molar-refractivity contribution >= 4 is 11.0 Å². The second kappa shape index (κ2) is 6.56. The molecule has 1 aliphatic heterocycles. The van der Waals surface area contributed by atoms with E-state index >= 15 is 0 Å². The van der Waals surface area contributed by atoms with Gasteiger partial charge in [-0.3, -0.25) is 0 Å². The Hall–Kier alpha value is -2.49. The van der Waals surface area contributed by atoms with Gasteiger partial charge in [0.25, 0.3) is 0 Å². The average Bonchev–Trinajstić information content (AvgIpc) is 3.22. The molecule has 4 rings (SSSR count). The third kappa shape index (κ3) is 2.73. The summed E-state index contributed by atoms with van der Waals surface area (Å²) in [5.41, 5.74) is 3.31. The molecule has 0 unspecified atom stereocenters. The predicted molar refractivity (Wildman–Crippen MR) is 95.4 cm³/mol.